The van der Waals surface area contributed by atoms with Gasteiger partial charge in [0.05, 0.1) is 0 Å². The van der Waals surface area contributed by atoms with Crippen LogP contribution in [0.2, 0.25) is 5.02 Å². The Balaban J connectivity index is 1.62. The molecule has 1 spiro atoms. The van der Waals surface area contributed by atoms with Crippen molar-refractivity contribution < 1.29 is 4.39 Å². The first-order chi connectivity index (χ1) is 7.67. The van der Waals surface area contributed by atoms with Gasteiger partial charge in [-0.05, 0) is 17.7 Å². The molecule has 1 N–H and O–H groups in total. The molecular formula is C12H14ClFN2. The van der Waals surface area contributed by atoms with Crippen molar-refractivity contribution in [3.05, 3.63) is 34.6 Å². The van der Waals surface area contributed by atoms with Crippen molar-refractivity contribution in [2.45, 2.75) is 6.54 Å². The average Bonchev–Trinajstić information content (AvgIpc) is 2.10. The molecule has 2 aliphatic rings. The molecule has 2 fully saturated rings. The van der Waals surface area contributed by atoms with E-state index in [1.165, 1.54) is 12.1 Å². The number of nitrogens with zero attached hydrogens (tertiary/aromatic N) is 1. The molecule has 0 aromatic heterocycles. The van der Waals surface area contributed by atoms with E-state index < -0.39 is 0 Å². The quantitative estimate of drug-likeness (QED) is 0.849. The van der Waals surface area contributed by atoms with Crippen LogP contribution in [0.5, 0.6) is 0 Å². The predicted octanol–water partition coefficient (Wildman–Crippen LogP) is 1.88. The second-order valence-corrected chi connectivity index (χ2v) is 5.39. The zero-order valence-corrected chi connectivity index (χ0v) is 9.73. The van der Waals surface area contributed by atoms with E-state index in [4.69, 9.17) is 11.6 Å². The van der Waals surface area contributed by atoms with E-state index in [-0.39, 0.29) is 5.82 Å². The van der Waals surface area contributed by atoms with Crippen LogP contribution in [0.15, 0.2) is 18.2 Å². The number of rotatable bonds is 2. The average molecular weight is 241 g/mol. The molecule has 0 atom stereocenters. The molecule has 4 heteroatoms. The van der Waals surface area contributed by atoms with Gasteiger partial charge in [-0.1, -0.05) is 17.7 Å². The summed E-state index contributed by atoms with van der Waals surface area (Å²) in [5, 5.41) is 3.84. The Kier molecular flexibility index (Phi) is 2.42. The van der Waals surface area contributed by atoms with Crippen molar-refractivity contribution in [1.82, 2.24) is 10.2 Å². The number of nitrogens with one attached hydrogen (secondary N) is 1. The summed E-state index contributed by atoms with van der Waals surface area (Å²) in [5.41, 5.74) is 1.55. The number of likely N-dealkylation sites (tertiary alicyclic amines) is 1. The van der Waals surface area contributed by atoms with E-state index in [9.17, 15) is 4.39 Å². The molecule has 1 aromatic rings. The zero-order chi connectivity index (χ0) is 11.2. The van der Waals surface area contributed by atoms with Crippen LogP contribution >= 0.6 is 11.6 Å². The molecule has 2 nitrogen and oxygen atoms in total. The summed E-state index contributed by atoms with van der Waals surface area (Å²) in [6.07, 6.45) is 0. The molecule has 0 unspecified atom stereocenters. The molecule has 2 aliphatic heterocycles. The van der Waals surface area contributed by atoms with Crippen molar-refractivity contribution >= 4 is 11.6 Å². The Hall–Kier alpha value is -0.640. The maximum Gasteiger partial charge on any atom is 0.124 e. The first-order valence-electron chi connectivity index (χ1n) is 5.54. The summed E-state index contributed by atoms with van der Waals surface area (Å²) in [4.78, 5) is 2.36. The smallest absolute Gasteiger partial charge is 0.124 e. The Bertz CT molecular complexity index is 409. The topological polar surface area (TPSA) is 15.3 Å². The third-order valence-electron chi connectivity index (χ3n) is 3.53. The fourth-order valence-electron chi connectivity index (χ4n) is 2.61. The molecule has 16 heavy (non-hydrogen) atoms. The largest absolute Gasteiger partial charge is 0.315 e. The summed E-state index contributed by atoms with van der Waals surface area (Å²) in [5.74, 6) is -0.267. The lowest BCUT2D eigenvalue weighted by Gasteiger charge is -2.56. The van der Waals surface area contributed by atoms with Crippen LogP contribution in [-0.4, -0.2) is 31.1 Å². The minimum absolute atomic E-state index is 0.267. The first kappa shape index (κ1) is 10.5. The molecule has 1 aromatic carbocycles. The van der Waals surface area contributed by atoms with Gasteiger partial charge in [-0.25, -0.2) is 4.39 Å². The van der Waals surface area contributed by atoms with Crippen LogP contribution in [-0.2, 0) is 6.54 Å². The van der Waals surface area contributed by atoms with E-state index >= 15 is 0 Å². The summed E-state index contributed by atoms with van der Waals surface area (Å²) in [7, 11) is 0. The lowest BCUT2D eigenvalue weighted by atomic mass is 9.74. The SMILES string of the molecule is Fc1ccc(CN2CC3(CNC3)C2)c(Cl)c1. The fourth-order valence-corrected chi connectivity index (χ4v) is 2.83. The molecule has 0 aliphatic carbocycles. The van der Waals surface area contributed by atoms with Crippen LogP contribution in [0.1, 0.15) is 5.56 Å². The number of hydrogen-bond donors (Lipinski definition) is 1. The highest BCUT2D eigenvalue weighted by molar-refractivity contribution is 6.31. The Morgan fingerprint density at radius 2 is 2.12 bits per heavy atom. The van der Waals surface area contributed by atoms with Gasteiger partial charge in [0.15, 0.2) is 0 Å². The third kappa shape index (κ3) is 1.73. The van der Waals surface area contributed by atoms with Gasteiger partial charge >= 0.3 is 0 Å². The van der Waals surface area contributed by atoms with Crippen molar-refractivity contribution in [2.24, 2.45) is 5.41 Å². The minimum atomic E-state index is -0.267. The standard InChI is InChI=1S/C12H14ClFN2/c13-11-3-10(14)2-1-9(11)4-16-7-12(8-16)5-15-6-12/h1-3,15H,4-8H2. The summed E-state index contributed by atoms with van der Waals surface area (Å²) < 4.78 is 12.9. The lowest BCUT2D eigenvalue weighted by molar-refractivity contribution is -0.0444. The molecule has 86 valence electrons. The van der Waals surface area contributed by atoms with Gasteiger partial charge in [-0.2, -0.15) is 0 Å². The van der Waals surface area contributed by atoms with Crippen LogP contribution in [0, 0.1) is 11.2 Å². The number of halogens is 2. The highest BCUT2D eigenvalue weighted by Crippen LogP contribution is 2.35. The van der Waals surface area contributed by atoms with Gasteiger partial charge in [0, 0.05) is 43.2 Å². The first-order valence-corrected chi connectivity index (χ1v) is 5.92. The van der Waals surface area contributed by atoms with E-state index in [0.717, 1.165) is 38.3 Å². The highest BCUT2D eigenvalue weighted by Gasteiger charge is 2.47. The molecule has 0 bridgehead atoms. The molecule has 0 amide bonds. The van der Waals surface area contributed by atoms with Gasteiger partial charge in [0.1, 0.15) is 5.82 Å². The maximum atomic E-state index is 12.9. The molecule has 2 saturated heterocycles. The molecular weight excluding hydrogens is 227 g/mol. The number of benzene rings is 1. The molecule has 2 heterocycles. The normalized spacial score (nSPS) is 22.9. The lowest BCUT2D eigenvalue weighted by Crippen LogP contribution is -2.70. The van der Waals surface area contributed by atoms with Gasteiger partial charge in [-0.15, -0.1) is 0 Å². The van der Waals surface area contributed by atoms with Crippen molar-refractivity contribution in [1.29, 1.82) is 0 Å². The summed E-state index contributed by atoms with van der Waals surface area (Å²) >= 11 is 5.99. The van der Waals surface area contributed by atoms with E-state index in [0.29, 0.717) is 10.4 Å². The van der Waals surface area contributed by atoms with Crippen molar-refractivity contribution in [3.8, 4) is 0 Å². The number of hydrogen-bond acceptors (Lipinski definition) is 2. The molecule has 3 rings (SSSR count). The summed E-state index contributed by atoms with van der Waals surface area (Å²) in [6, 6.07) is 4.64. The Morgan fingerprint density at radius 1 is 1.38 bits per heavy atom. The van der Waals surface area contributed by atoms with Crippen molar-refractivity contribution in [3.63, 3.8) is 0 Å². The van der Waals surface area contributed by atoms with Crippen LogP contribution in [0.4, 0.5) is 4.39 Å². The van der Waals surface area contributed by atoms with E-state index in [1.807, 2.05) is 0 Å². The van der Waals surface area contributed by atoms with Gasteiger partial charge in [0.25, 0.3) is 0 Å². The van der Waals surface area contributed by atoms with Crippen LogP contribution in [0.25, 0.3) is 0 Å². The van der Waals surface area contributed by atoms with Gasteiger partial charge in [0.2, 0.25) is 0 Å². The minimum Gasteiger partial charge on any atom is -0.315 e. The second-order valence-electron chi connectivity index (χ2n) is 4.98. The van der Waals surface area contributed by atoms with E-state index in [1.54, 1.807) is 6.07 Å². The monoisotopic (exact) mass is 240 g/mol. The van der Waals surface area contributed by atoms with Gasteiger partial charge in [-0.3, -0.25) is 4.90 Å². The zero-order valence-electron chi connectivity index (χ0n) is 8.97. The van der Waals surface area contributed by atoms with Crippen molar-refractivity contribution in [2.75, 3.05) is 26.2 Å². The van der Waals surface area contributed by atoms with Gasteiger partial charge < -0.3 is 5.32 Å². The molecule has 0 radical (unpaired) electrons. The Labute approximate surface area is 99.4 Å². The highest BCUT2D eigenvalue weighted by atomic mass is 35.5. The van der Waals surface area contributed by atoms with Crippen LogP contribution < -0.4 is 5.32 Å². The van der Waals surface area contributed by atoms with Crippen LogP contribution in [0.3, 0.4) is 0 Å². The molecule has 0 saturated carbocycles. The summed E-state index contributed by atoms with van der Waals surface area (Å²) in [6.45, 7) is 5.38. The predicted molar refractivity (Wildman–Crippen MR) is 62.0 cm³/mol. The Morgan fingerprint density at radius 3 is 2.69 bits per heavy atom. The van der Waals surface area contributed by atoms with E-state index in [2.05, 4.69) is 10.2 Å². The third-order valence-corrected chi connectivity index (χ3v) is 3.88. The second kappa shape index (κ2) is 3.69. The maximum absolute atomic E-state index is 12.9. The fraction of sp³-hybridized carbons (Fsp3) is 0.500.